The zero-order valence-corrected chi connectivity index (χ0v) is 15.6. The summed E-state index contributed by atoms with van der Waals surface area (Å²) in [6, 6.07) is 8.94. The van der Waals surface area contributed by atoms with Crippen molar-refractivity contribution in [2.45, 2.75) is 32.8 Å². The van der Waals surface area contributed by atoms with Crippen LogP contribution < -0.4 is 0 Å². The molecule has 2 N–H and O–H groups in total. The highest BCUT2D eigenvalue weighted by atomic mass is 35.5. The molecule has 6 heteroatoms. The molecule has 0 spiro atoms. The monoisotopic (exact) mass is 382 g/mol. The summed E-state index contributed by atoms with van der Waals surface area (Å²) in [6.45, 7) is 3.79. The van der Waals surface area contributed by atoms with E-state index in [2.05, 4.69) is 0 Å². The molecule has 0 unspecified atom stereocenters. The average Bonchev–Trinajstić information content (AvgIpc) is 2.51. The molecule has 2 aromatic carbocycles. The van der Waals surface area contributed by atoms with Crippen LogP contribution in [-0.4, -0.2) is 22.8 Å². The summed E-state index contributed by atoms with van der Waals surface area (Å²) < 4.78 is 5.06. The van der Waals surface area contributed by atoms with E-state index in [1.165, 1.54) is 0 Å². The zero-order chi connectivity index (χ0) is 18.6. The number of ether oxygens (including phenoxy) is 1. The highest BCUT2D eigenvalue weighted by Crippen LogP contribution is 2.32. The fourth-order valence-corrected chi connectivity index (χ4v) is 3.21. The van der Waals surface area contributed by atoms with E-state index in [1.807, 2.05) is 26.0 Å². The summed E-state index contributed by atoms with van der Waals surface area (Å²) >= 11 is 12.7. The van der Waals surface area contributed by atoms with E-state index in [0.29, 0.717) is 22.0 Å². The van der Waals surface area contributed by atoms with E-state index in [1.54, 1.807) is 18.2 Å². The van der Waals surface area contributed by atoms with Crippen molar-refractivity contribution in [2.75, 3.05) is 6.61 Å². The van der Waals surface area contributed by atoms with Crippen molar-refractivity contribution in [3.05, 3.63) is 62.6 Å². The van der Waals surface area contributed by atoms with Crippen LogP contribution in [-0.2, 0) is 22.6 Å². The Morgan fingerprint density at radius 2 is 1.76 bits per heavy atom. The highest BCUT2D eigenvalue weighted by molar-refractivity contribution is 6.36. The number of carbonyl (C=O) groups is 1. The lowest BCUT2D eigenvalue weighted by Gasteiger charge is -2.13. The smallest absolute Gasteiger partial charge is 0.329 e. The molecule has 25 heavy (non-hydrogen) atoms. The van der Waals surface area contributed by atoms with Crippen molar-refractivity contribution in [1.29, 1.82) is 0 Å². The molecule has 4 nitrogen and oxygen atoms in total. The maximum absolute atomic E-state index is 10.5. The largest absolute Gasteiger partial charge is 0.508 e. The molecule has 0 aromatic heterocycles. The fourth-order valence-electron chi connectivity index (χ4n) is 2.54. The van der Waals surface area contributed by atoms with Crippen molar-refractivity contribution in [3.63, 3.8) is 0 Å². The van der Waals surface area contributed by atoms with Gasteiger partial charge in [0.2, 0.25) is 0 Å². The molecule has 0 aliphatic carbocycles. The first-order valence-corrected chi connectivity index (χ1v) is 8.61. The lowest BCUT2D eigenvalue weighted by Crippen LogP contribution is -2.06. The highest BCUT2D eigenvalue weighted by Gasteiger charge is 2.12. The van der Waals surface area contributed by atoms with Crippen LogP contribution in [0.15, 0.2) is 30.3 Å². The third-order valence-corrected chi connectivity index (χ3v) is 4.46. The van der Waals surface area contributed by atoms with Gasteiger partial charge in [-0.3, -0.25) is 0 Å². The molecule has 0 saturated carbocycles. The van der Waals surface area contributed by atoms with E-state index in [0.717, 1.165) is 16.7 Å². The van der Waals surface area contributed by atoms with Crippen molar-refractivity contribution >= 4 is 29.2 Å². The summed E-state index contributed by atoms with van der Waals surface area (Å²) in [5, 5.41) is 19.5. The molecule has 0 atom stereocenters. The maximum Gasteiger partial charge on any atom is 0.329 e. The van der Waals surface area contributed by atoms with Crippen LogP contribution in [0.4, 0.5) is 0 Å². The predicted molar refractivity (Wildman–Crippen MR) is 98.8 cm³/mol. The van der Waals surface area contributed by atoms with Crippen LogP contribution in [0.5, 0.6) is 5.75 Å². The van der Waals surface area contributed by atoms with Crippen molar-refractivity contribution in [3.8, 4) is 5.75 Å². The third kappa shape index (κ3) is 5.36. The SMILES string of the molecule is CC(C)c1cc(Cc2c(Cl)cc(COCC(=O)O)cc2Cl)ccc1O. The van der Waals surface area contributed by atoms with Gasteiger partial charge in [-0.15, -0.1) is 0 Å². The van der Waals surface area contributed by atoms with E-state index in [9.17, 15) is 9.90 Å². The fraction of sp³-hybridized carbons (Fsp3) is 0.316. The van der Waals surface area contributed by atoms with Gasteiger partial charge in [0.15, 0.2) is 0 Å². The van der Waals surface area contributed by atoms with E-state index >= 15 is 0 Å². The average molecular weight is 383 g/mol. The third-order valence-electron chi connectivity index (χ3n) is 3.79. The Morgan fingerprint density at radius 1 is 1.12 bits per heavy atom. The van der Waals surface area contributed by atoms with Crippen LogP contribution in [0.3, 0.4) is 0 Å². The minimum atomic E-state index is -1.03. The van der Waals surface area contributed by atoms with Gasteiger partial charge in [-0.25, -0.2) is 4.79 Å². The second kappa shape index (κ2) is 8.56. The summed E-state index contributed by atoms with van der Waals surface area (Å²) in [6.07, 6.45) is 0.536. The summed E-state index contributed by atoms with van der Waals surface area (Å²) in [4.78, 5) is 10.5. The first kappa shape index (κ1) is 19.6. The van der Waals surface area contributed by atoms with E-state index in [-0.39, 0.29) is 24.9 Å². The molecule has 0 amide bonds. The van der Waals surface area contributed by atoms with Crippen LogP contribution in [0, 0.1) is 0 Å². The van der Waals surface area contributed by atoms with Gasteiger partial charge >= 0.3 is 5.97 Å². The number of carboxylic acids is 1. The predicted octanol–water partition coefficient (Wildman–Crippen LogP) is 5.01. The normalized spacial score (nSPS) is 11.1. The molecule has 0 fully saturated rings. The minimum absolute atomic E-state index is 0.128. The number of aliphatic carboxylic acids is 1. The van der Waals surface area contributed by atoms with Gasteiger partial charge in [-0.2, -0.15) is 0 Å². The van der Waals surface area contributed by atoms with Gasteiger partial charge in [-0.05, 0) is 46.4 Å². The van der Waals surface area contributed by atoms with Gasteiger partial charge in [0.25, 0.3) is 0 Å². The topological polar surface area (TPSA) is 66.8 Å². The van der Waals surface area contributed by atoms with Crippen LogP contribution >= 0.6 is 23.2 Å². The number of phenolic OH excluding ortho intramolecular Hbond substituents is 1. The molecule has 134 valence electrons. The number of phenols is 1. The van der Waals surface area contributed by atoms with Crippen LogP contribution in [0.1, 0.15) is 42.0 Å². The molecule has 0 radical (unpaired) electrons. The Labute approximate surface area is 157 Å². The Kier molecular flexibility index (Phi) is 6.71. The second-order valence-electron chi connectivity index (χ2n) is 6.15. The van der Waals surface area contributed by atoms with Crippen LogP contribution in [0.2, 0.25) is 10.0 Å². The lowest BCUT2D eigenvalue weighted by molar-refractivity contribution is -0.142. The van der Waals surface area contributed by atoms with Crippen molar-refractivity contribution in [1.82, 2.24) is 0 Å². The van der Waals surface area contributed by atoms with E-state index in [4.69, 9.17) is 33.0 Å². The van der Waals surface area contributed by atoms with Crippen molar-refractivity contribution in [2.24, 2.45) is 0 Å². The van der Waals surface area contributed by atoms with Crippen molar-refractivity contribution < 1.29 is 19.7 Å². The quantitative estimate of drug-likeness (QED) is 0.705. The number of hydrogen-bond donors (Lipinski definition) is 2. The summed E-state index contributed by atoms with van der Waals surface area (Å²) in [5.74, 6) is -0.538. The van der Waals surface area contributed by atoms with E-state index < -0.39 is 5.97 Å². The maximum atomic E-state index is 10.5. The standard InChI is InChI=1S/C19H20Cl2O4/c1-11(2)14-5-12(3-4-18(14)22)6-15-16(20)7-13(8-17(15)21)9-25-10-19(23)24/h3-5,7-8,11,22H,6,9-10H2,1-2H3,(H,23,24). The lowest BCUT2D eigenvalue weighted by atomic mass is 9.96. The Balaban J connectivity index is 2.20. The number of aromatic hydroxyl groups is 1. The number of benzene rings is 2. The first-order chi connectivity index (χ1) is 11.8. The summed E-state index contributed by atoms with van der Waals surface area (Å²) in [7, 11) is 0. The molecule has 0 aliphatic rings. The van der Waals surface area contributed by atoms with Gasteiger partial charge < -0.3 is 14.9 Å². The van der Waals surface area contributed by atoms with Gasteiger partial charge in [0.05, 0.1) is 6.61 Å². The Morgan fingerprint density at radius 3 is 2.32 bits per heavy atom. The zero-order valence-electron chi connectivity index (χ0n) is 14.1. The molecule has 0 saturated heterocycles. The van der Waals surface area contributed by atoms with Gasteiger partial charge in [-0.1, -0.05) is 49.2 Å². The molecular weight excluding hydrogens is 363 g/mol. The number of halogens is 2. The molecule has 2 rings (SSSR count). The second-order valence-corrected chi connectivity index (χ2v) is 6.96. The summed E-state index contributed by atoms with van der Waals surface area (Å²) in [5.41, 5.74) is 3.38. The minimum Gasteiger partial charge on any atom is -0.508 e. The Hall–Kier alpha value is -1.75. The van der Waals surface area contributed by atoms with Gasteiger partial charge in [0, 0.05) is 16.5 Å². The molecule has 2 aromatic rings. The first-order valence-electron chi connectivity index (χ1n) is 7.86. The Bertz CT molecular complexity index is 749. The number of carboxylic acid groups (broad SMARTS) is 1. The van der Waals surface area contributed by atoms with Crippen LogP contribution in [0.25, 0.3) is 0 Å². The molecule has 0 aliphatic heterocycles. The number of hydrogen-bond acceptors (Lipinski definition) is 3. The number of rotatable bonds is 7. The molecular formula is C19H20Cl2O4. The van der Waals surface area contributed by atoms with Gasteiger partial charge in [0.1, 0.15) is 12.4 Å². The molecule has 0 heterocycles. The molecule has 0 bridgehead atoms.